The second-order valence-electron chi connectivity index (χ2n) is 8.68. The van der Waals surface area contributed by atoms with Gasteiger partial charge in [-0.3, -0.25) is 9.69 Å². The number of methoxy groups -OCH3 is 1. The number of aromatic amines is 1. The Hall–Kier alpha value is -2.90. The zero-order valence-electron chi connectivity index (χ0n) is 19.6. The average molecular weight is 465 g/mol. The molecular formula is C26H32N4O2S. The number of benzene rings is 2. The smallest absolute Gasteiger partial charge is 0.253 e. The Morgan fingerprint density at radius 3 is 2.76 bits per heavy atom. The van der Waals surface area contributed by atoms with Crippen LogP contribution >= 0.6 is 12.2 Å². The van der Waals surface area contributed by atoms with Gasteiger partial charge in [-0.2, -0.15) is 0 Å². The zero-order valence-corrected chi connectivity index (χ0v) is 20.4. The number of thiocarbonyl (C=S) groups is 1. The van der Waals surface area contributed by atoms with Crippen LogP contribution in [-0.2, 0) is 6.54 Å². The molecule has 1 aliphatic heterocycles. The van der Waals surface area contributed by atoms with Crippen LogP contribution < -0.4 is 15.6 Å². The molecule has 0 saturated carbocycles. The first-order chi connectivity index (χ1) is 16.0. The normalized spacial score (nSPS) is 16.2. The Kier molecular flexibility index (Phi) is 7.30. The number of pyridine rings is 1. The molecule has 3 aromatic rings. The summed E-state index contributed by atoms with van der Waals surface area (Å²) in [6.07, 6.45) is 2.34. The SMILES string of the molecule is CCN1CCC[C@@H]1CN(Cc1cc2ccc(C)cc2[nH]c1=O)C(=S)Nc1ccc(OC)cc1. The molecule has 174 valence electrons. The third-order valence-electron chi connectivity index (χ3n) is 6.40. The maximum absolute atomic E-state index is 12.9. The van der Waals surface area contributed by atoms with Crippen LogP contribution in [0.15, 0.2) is 53.3 Å². The number of aryl methyl sites for hydroxylation is 1. The fourth-order valence-corrected chi connectivity index (χ4v) is 4.81. The van der Waals surface area contributed by atoms with Crippen molar-refractivity contribution in [2.24, 2.45) is 0 Å². The molecule has 0 amide bonds. The lowest BCUT2D eigenvalue weighted by atomic mass is 10.1. The summed E-state index contributed by atoms with van der Waals surface area (Å²) in [6.45, 7) is 7.59. The summed E-state index contributed by atoms with van der Waals surface area (Å²) in [5.41, 5.74) is 3.53. The van der Waals surface area contributed by atoms with Crippen molar-refractivity contribution in [1.29, 1.82) is 0 Å². The van der Waals surface area contributed by atoms with E-state index in [0.29, 0.717) is 23.3 Å². The van der Waals surface area contributed by atoms with Crippen molar-refractivity contribution >= 4 is 33.9 Å². The number of hydrogen-bond acceptors (Lipinski definition) is 4. The van der Waals surface area contributed by atoms with Crippen LogP contribution in [0.3, 0.4) is 0 Å². The standard InChI is InChI=1S/C26H32N4O2S/c1-4-29-13-5-6-22(29)17-30(26(33)27-21-9-11-23(32-3)12-10-21)16-20-15-19-8-7-18(2)14-24(19)28-25(20)31/h7-12,14-15,22H,4-6,13,16-17H2,1-3H3,(H,27,33)(H,28,31)/t22-/m1/s1. The number of likely N-dealkylation sites (N-methyl/N-ethyl adjacent to an activating group) is 1. The number of H-pyrrole nitrogens is 1. The van der Waals surface area contributed by atoms with Gasteiger partial charge in [-0.1, -0.05) is 19.1 Å². The predicted molar refractivity (Wildman–Crippen MR) is 139 cm³/mol. The minimum Gasteiger partial charge on any atom is -0.497 e. The summed E-state index contributed by atoms with van der Waals surface area (Å²) in [5.74, 6) is 0.797. The quantitative estimate of drug-likeness (QED) is 0.501. The molecule has 0 aliphatic carbocycles. The van der Waals surface area contributed by atoms with Gasteiger partial charge >= 0.3 is 0 Å². The number of nitrogens with zero attached hydrogens (tertiary/aromatic N) is 2. The van der Waals surface area contributed by atoms with Crippen LogP contribution in [-0.4, -0.2) is 52.7 Å². The second-order valence-corrected chi connectivity index (χ2v) is 9.06. The lowest BCUT2D eigenvalue weighted by Gasteiger charge is -2.32. The molecule has 1 atom stereocenters. The first-order valence-corrected chi connectivity index (χ1v) is 11.9. The van der Waals surface area contributed by atoms with Crippen molar-refractivity contribution in [2.45, 2.75) is 39.3 Å². The van der Waals surface area contributed by atoms with Crippen molar-refractivity contribution in [2.75, 3.05) is 32.1 Å². The largest absolute Gasteiger partial charge is 0.497 e. The number of aromatic nitrogens is 1. The van der Waals surface area contributed by atoms with E-state index in [1.807, 2.05) is 43.3 Å². The summed E-state index contributed by atoms with van der Waals surface area (Å²) in [4.78, 5) is 20.6. The van der Waals surface area contributed by atoms with Crippen LogP contribution in [0.25, 0.3) is 10.9 Å². The van der Waals surface area contributed by atoms with Gasteiger partial charge in [0.15, 0.2) is 5.11 Å². The van der Waals surface area contributed by atoms with Crippen molar-refractivity contribution < 1.29 is 4.74 Å². The van der Waals surface area contributed by atoms with Gasteiger partial charge in [-0.15, -0.1) is 0 Å². The van der Waals surface area contributed by atoms with E-state index in [9.17, 15) is 4.79 Å². The molecule has 7 heteroatoms. The minimum atomic E-state index is -0.0656. The van der Waals surface area contributed by atoms with Crippen molar-refractivity contribution in [3.05, 3.63) is 70.0 Å². The molecule has 33 heavy (non-hydrogen) atoms. The highest BCUT2D eigenvalue weighted by Gasteiger charge is 2.26. The van der Waals surface area contributed by atoms with Crippen LogP contribution in [0, 0.1) is 6.92 Å². The molecule has 2 aromatic carbocycles. The number of fused-ring (bicyclic) bond motifs is 1. The van der Waals surface area contributed by atoms with Gasteiger partial charge in [-0.05, 0) is 92.4 Å². The van der Waals surface area contributed by atoms with Gasteiger partial charge in [0.2, 0.25) is 0 Å². The summed E-state index contributed by atoms with van der Waals surface area (Å²) in [5, 5.41) is 5.00. The lowest BCUT2D eigenvalue weighted by Crippen LogP contribution is -2.44. The molecule has 2 heterocycles. The Morgan fingerprint density at radius 1 is 1.24 bits per heavy atom. The van der Waals surface area contributed by atoms with E-state index in [-0.39, 0.29) is 5.56 Å². The van der Waals surface area contributed by atoms with Crippen molar-refractivity contribution in [3.63, 3.8) is 0 Å². The van der Waals surface area contributed by atoms with E-state index in [1.165, 1.54) is 6.42 Å². The van der Waals surface area contributed by atoms with E-state index in [1.54, 1.807) is 7.11 Å². The first-order valence-electron chi connectivity index (χ1n) is 11.5. The van der Waals surface area contributed by atoms with E-state index in [4.69, 9.17) is 17.0 Å². The fraction of sp³-hybridized carbons (Fsp3) is 0.385. The molecule has 4 rings (SSSR count). The molecular weight excluding hydrogens is 432 g/mol. The van der Waals surface area contributed by atoms with Gasteiger partial charge in [0.1, 0.15) is 5.75 Å². The second kappa shape index (κ2) is 10.4. The number of rotatable bonds is 7. The molecule has 0 spiro atoms. The third-order valence-corrected chi connectivity index (χ3v) is 6.76. The minimum absolute atomic E-state index is 0.0656. The number of likely N-dealkylation sites (tertiary alicyclic amines) is 1. The van der Waals surface area contributed by atoms with Gasteiger partial charge in [0, 0.05) is 29.4 Å². The number of nitrogens with one attached hydrogen (secondary N) is 2. The Labute approximate surface area is 200 Å². The molecule has 1 aliphatic rings. The zero-order chi connectivity index (χ0) is 23.4. The maximum atomic E-state index is 12.9. The molecule has 0 radical (unpaired) electrons. The van der Waals surface area contributed by atoms with Gasteiger partial charge in [0.05, 0.1) is 13.7 Å². The number of ether oxygens (including phenoxy) is 1. The monoisotopic (exact) mass is 464 g/mol. The summed E-state index contributed by atoms with van der Waals surface area (Å²) in [6, 6.07) is 16.2. The summed E-state index contributed by atoms with van der Waals surface area (Å²) in [7, 11) is 1.65. The van der Waals surface area contributed by atoms with Crippen LogP contribution in [0.5, 0.6) is 5.75 Å². The van der Waals surface area contributed by atoms with Gasteiger partial charge in [-0.25, -0.2) is 0 Å². The molecule has 0 bridgehead atoms. The van der Waals surface area contributed by atoms with E-state index < -0.39 is 0 Å². The van der Waals surface area contributed by atoms with Gasteiger partial charge in [0.25, 0.3) is 5.56 Å². The summed E-state index contributed by atoms with van der Waals surface area (Å²) >= 11 is 5.84. The lowest BCUT2D eigenvalue weighted by molar-refractivity contribution is 0.221. The molecule has 2 N–H and O–H groups in total. The highest BCUT2D eigenvalue weighted by molar-refractivity contribution is 7.80. The third kappa shape index (κ3) is 5.54. The number of hydrogen-bond donors (Lipinski definition) is 2. The van der Waals surface area contributed by atoms with Gasteiger partial charge < -0.3 is 19.9 Å². The maximum Gasteiger partial charge on any atom is 0.253 e. The molecule has 1 saturated heterocycles. The summed E-state index contributed by atoms with van der Waals surface area (Å²) < 4.78 is 5.25. The van der Waals surface area contributed by atoms with Crippen molar-refractivity contribution in [3.8, 4) is 5.75 Å². The van der Waals surface area contributed by atoms with Crippen LogP contribution in [0.2, 0.25) is 0 Å². The van der Waals surface area contributed by atoms with Crippen LogP contribution in [0.4, 0.5) is 5.69 Å². The first kappa shape index (κ1) is 23.3. The van der Waals surface area contributed by atoms with Crippen molar-refractivity contribution in [1.82, 2.24) is 14.8 Å². The average Bonchev–Trinajstić information content (AvgIpc) is 3.26. The topological polar surface area (TPSA) is 60.6 Å². The fourth-order valence-electron chi connectivity index (χ4n) is 4.55. The highest BCUT2D eigenvalue weighted by Crippen LogP contribution is 2.21. The number of anilines is 1. The van der Waals surface area contributed by atoms with E-state index in [0.717, 1.165) is 54.0 Å². The Balaban J connectivity index is 1.59. The van der Waals surface area contributed by atoms with E-state index in [2.05, 4.69) is 39.2 Å². The van der Waals surface area contributed by atoms with Crippen LogP contribution in [0.1, 0.15) is 30.9 Å². The molecule has 1 fully saturated rings. The highest BCUT2D eigenvalue weighted by atomic mass is 32.1. The Bertz CT molecular complexity index is 1180. The Morgan fingerprint density at radius 2 is 2.03 bits per heavy atom. The molecule has 6 nitrogen and oxygen atoms in total. The molecule has 0 unspecified atom stereocenters. The molecule has 1 aromatic heterocycles. The predicted octanol–water partition coefficient (Wildman–Crippen LogP) is 4.53. The van der Waals surface area contributed by atoms with E-state index >= 15 is 0 Å².